The van der Waals surface area contributed by atoms with Gasteiger partial charge < -0.3 is 4.74 Å². The van der Waals surface area contributed by atoms with Crippen LogP contribution in [0.5, 0.6) is 0 Å². The highest BCUT2D eigenvalue weighted by atomic mass is 35.5. The van der Waals surface area contributed by atoms with E-state index in [2.05, 4.69) is 4.98 Å². The van der Waals surface area contributed by atoms with Crippen molar-refractivity contribution in [2.75, 3.05) is 6.61 Å². The van der Waals surface area contributed by atoms with Gasteiger partial charge in [0.2, 0.25) is 0 Å². The van der Waals surface area contributed by atoms with Crippen LogP contribution in [0.3, 0.4) is 0 Å². The zero-order valence-electron chi connectivity index (χ0n) is 9.47. The van der Waals surface area contributed by atoms with Gasteiger partial charge in [0.25, 0.3) is 6.43 Å². The third-order valence-corrected chi connectivity index (χ3v) is 2.56. The van der Waals surface area contributed by atoms with Crippen LogP contribution in [0.15, 0.2) is 6.07 Å². The first-order chi connectivity index (χ1) is 7.95. The maximum absolute atomic E-state index is 12.5. The lowest BCUT2D eigenvalue weighted by Crippen LogP contribution is -2.11. The smallest absolute Gasteiger partial charge is 0.311 e. The molecular formula is C11H12ClF2NO2. The molecule has 6 heteroatoms. The molecule has 17 heavy (non-hydrogen) atoms. The number of hydrogen-bond donors (Lipinski definition) is 0. The van der Waals surface area contributed by atoms with Gasteiger partial charge in [0, 0.05) is 5.02 Å². The molecule has 0 radical (unpaired) electrons. The average Bonchev–Trinajstić information content (AvgIpc) is 2.24. The van der Waals surface area contributed by atoms with Gasteiger partial charge in [-0.15, -0.1) is 0 Å². The topological polar surface area (TPSA) is 39.2 Å². The van der Waals surface area contributed by atoms with Crippen LogP contribution in [-0.2, 0) is 16.0 Å². The monoisotopic (exact) mass is 263 g/mol. The normalized spacial score (nSPS) is 10.7. The molecule has 0 aliphatic heterocycles. The minimum absolute atomic E-state index is 0.153. The minimum Gasteiger partial charge on any atom is -0.466 e. The molecule has 0 spiro atoms. The minimum atomic E-state index is -2.71. The summed E-state index contributed by atoms with van der Waals surface area (Å²) in [6, 6.07) is 1.11. The fourth-order valence-corrected chi connectivity index (χ4v) is 1.50. The molecule has 1 aromatic heterocycles. The molecule has 3 nitrogen and oxygen atoms in total. The number of alkyl halides is 2. The Morgan fingerprint density at radius 3 is 2.76 bits per heavy atom. The SMILES string of the molecule is CCOC(=O)Cc1nc(C(F)F)cc(Cl)c1C. The highest BCUT2D eigenvalue weighted by Gasteiger charge is 2.16. The molecular weight excluding hydrogens is 252 g/mol. The van der Waals surface area contributed by atoms with Crippen molar-refractivity contribution in [3.05, 3.63) is 28.0 Å². The van der Waals surface area contributed by atoms with Crippen LogP contribution >= 0.6 is 11.6 Å². The summed E-state index contributed by atoms with van der Waals surface area (Å²) in [5.41, 5.74) is 0.315. The van der Waals surface area contributed by atoms with Gasteiger partial charge in [0.1, 0.15) is 5.69 Å². The summed E-state index contributed by atoms with van der Waals surface area (Å²) in [7, 11) is 0. The Morgan fingerprint density at radius 2 is 2.24 bits per heavy atom. The van der Waals surface area contributed by atoms with Crippen LogP contribution in [0.1, 0.15) is 30.3 Å². The lowest BCUT2D eigenvalue weighted by molar-refractivity contribution is -0.142. The maximum atomic E-state index is 12.5. The number of halogens is 3. The lowest BCUT2D eigenvalue weighted by atomic mass is 10.1. The van der Waals surface area contributed by atoms with E-state index >= 15 is 0 Å². The van der Waals surface area contributed by atoms with E-state index in [-0.39, 0.29) is 23.7 Å². The summed E-state index contributed by atoms with van der Waals surface area (Å²) in [6.07, 6.45) is -2.87. The number of nitrogens with zero attached hydrogens (tertiary/aromatic N) is 1. The first kappa shape index (κ1) is 13.8. The Bertz CT molecular complexity index is 424. The molecule has 0 atom stereocenters. The Balaban J connectivity index is 3.01. The van der Waals surface area contributed by atoms with Gasteiger partial charge in [-0.1, -0.05) is 11.6 Å². The number of esters is 1. The number of rotatable bonds is 4. The lowest BCUT2D eigenvalue weighted by Gasteiger charge is -2.09. The summed E-state index contributed by atoms with van der Waals surface area (Å²) < 4.78 is 29.7. The van der Waals surface area contributed by atoms with Gasteiger partial charge in [-0.3, -0.25) is 9.78 Å². The fraction of sp³-hybridized carbons (Fsp3) is 0.455. The van der Waals surface area contributed by atoms with Crippen molar-refractivity contribution in [3.63, 3.8) is 0 Å². The zero-order chi connectivity index (χ0) is 13.0. The van der Waals surface area contributed by atoms with Gasteiger partial charge in [-0.25, -0.2) is 8.78 Å². The average molecular weight is 264 g/mol. The first-order valence-electron chi connectivity index (χ1n) is 5.05. The predicted molar refractivity (Wildman–Crippen MR) is 59.3 cm³/mol. The molecule has 1 rings (SSSR count). The second-order valence-electron chi connectivity index (χ2n) is 3.38. The molecule has 0 aromatic carbocycles. The summed E-state index contributed by atoms with van der Waals surface area (Å²) in [5.74, 6) is -0.509. The van der Waals surface area contributed by atoms with Gasteiger partial charge in [-0.2, -0.15) is 0 Å². The number of carbonyl (C=O) groups excluding carboxylic acids is 1. The zero-order valence-corrected chi connectivity index (χ0v) is 10.2. The van der Waals surface area contributed by atoms with E-state index in [0.717, 1.165) is 6.07 Å². The molecule has 0 N–H and O–H groups in total. The maximum Gasteiger partial charge on any atom is 0.311 e. The van der Waals surface area contributed by atoms with Crippen molar-refractivity contribution < 1.29 is 18.3 Å². The first-order valence-corrected chi connectivity index (χ1v) is 5.43. The van der Waals surface area contributed by atoms with Gasteiger partial charge in [-0.05, 0) is 25.5 Å². The largest absolute Gasteiger partial charge is 0.466 e. The van der Waals surface area contributed by atoms with Crippen LogP contribution in [0.2, 0.25) is 5.02 Å². The van der Waals surface area contributed by atoms with Crippen LogP contribution < -0.4 is 0 Å². The highest BCUT2D eigenvalue weighted by Crippen LogP contribution is 2.25. The molecule has 0 amide bonds. The Kier molecular flexibility index (Phi) is 4.81. The van der Waals surface area contributed by atoms with Crippen molar-refractivity contribution in [1.29, 1.82) is 0 Å². The second kappa shape index (κ2) is 5.91. The van der Waals surface area contributed by atoms with E-state index in [9.17, 15) is 13.6 Å². The Morgan fingerprint density at radius 1 is 1.59 bits per heavy atom. The molecule has 0 unspecified atom stereocenters. The van der Waals surface area contributed by atoms with Gasteiger partial charge >= 0.3 is 5.97 Å². The summed E-state index contributed by atoms with van der Waals surface area (Å²) in [5, 5.41) is 0.176. The fourth-order valence-electron chi connectivity index (χ4n) is 1.28. The molecule has 94 valence electrons. The van der Waals surface area contributed by atoms with Crippen molar-refractivity contribution in [2.24, 2.45) is 0 Å². The number of carbonyl (C=O) groups is 1. The second-order valence-corrected chi connectivity index (χ2v) is 3.79. The van der Waals surface area contributed by atoms with E-state index in [4.69, 9.17) is 16.3 Å². The Hall–Kier alpha value is -1.23. The third-order valence-electron chi connectivity index (χ3n) is 2.17. The molecule has 0 saturated carbocycles. The predicted octanol–water partition coefficient (Wildman–Crippen LogP) is 3.09. The third kappa shape index (κ3) is 3.63. The van der Waals surface area contributed by atoms with Crippen LogP contribution in [0.4, 0.5) is 8.78 Å². The van der Waals surface area contributed by atoms with Crippen molar-refractivity contribution in [3.8, 4) is 0 Å². The van der Waals surface area contributed by atoms with Crippen molar-refractivity contribution in [1.82, 2.24) is 4.98 Å². The van der Waals surface area contributed by atoms with E-state index in [1.807, 2.05) is 0 Å². The number of aromatic nitrogens is 1. The standard InChI is InChI=1S/C11H12ClF2NO2/c1-3-17-10(16)5-8-6(2)7(12)4-9(15-8)11(13)14/h4,11H,3,5H2,1-2H3. The van der Waals surface area contributed by atoms with Gasteiger partial charge in [0.05, 0.1) is 18.7 Å². The van der Waals surface area contributed by atoms with Crippen molar-refractivity contribution >= 4 is 17.6 Å². The molecule has 0 fully saturated rings. The van der Waals surface area contributed by atoms with Crippen LogP contribution in [0, 0.1) is 6.92 Å². The van der Waals surface area contributed by atoms with E-state index < -0.39 is 18.1 Å². The Labute approximate surface area is 103 Å². The number of ether oxygens (including phenoxy) is 1. The van der Waals surface area contributed by atoms with Crippen LogP contribution in [-0.4, -0.2) is 17.6 Å². The highest BCUT2D eigenvalue weighted by molar-refractivity contribution is 6.31. The van der Waals surface area contributed by atoms with E-state index in [0.29, 0.717) is 5.56 Å². The molecule has 0 saturated heterocycles. The number of hydrogen-bond acceptors (Lipinski definition) is 3. The molecule has 0 bridgehead atoms. The van der Waals surface area contributed by atoms with Gasteiger partial charge in [0.15, 0.2) is 0 Å². The molecule has 0 aliphatic carbocycles. The molecule has 1 heterocycles. The quantitative estimate of drug-likeness (QED) is 0.784. The summed E-state index contributed by atoms with van der Waals surface area (Å²) in [4.78, 5) is 15.0. The number of pyridine rings is 1. The van der Waals surface area contributed by atoms with E-state index in [1.54, 1.807) is 13.8 Å². The summed E-state index contributed by atoms with van der Waals surface area (Å²) >= 11 is 5.80. The van der Waals surface area contributed by atoms with Crippen molar-refractivity contribution in [2.45, 2.75) is 26.7 Å². The van der Waals surface area contributed by atoms with E-state index in [1.165, 1.54) is 0 Å². The summed E-state index contributed by atoms with van der Waals surface area (Å²) in [6.45, 7) is 3.53. The van der Waals surface area contributed by atoms with Crippen LogP contribution in [0.25, 0.3) is 0 Å². The molecule has 1 aromatic rings. The molecule has 0 aliphatic rings.